The summed E-state index contributed by atoms with van der Waals surface area (Å²) in [5.41, 5.74) is 4.70. The number of hydrazine groups is 1. The Balaban J connectivity index is 1.68. The molecule has 1 saturated carbocycles. The number of para-hydroxylation sites is 1. The molecular weight excluding hydrogens is 325 g/mol. The summed E-state index contributed by atoms with van der Waals surface area (Å²) in [6, 6.07) is 10.8. The summed E-state index contributed by atoms with van der Waals surface area (Å²) < 4.78 is -1.08. The Bertz CT molecular complexity index is 778. The van der Waals surface area contributed by atoms with E-state index in [1.165, 1.54) is 0 Å². The van der Waals surface area contributed by atoms with E-state index in [2.05, 4.69) is 15.8 Å². The van der Waals surface area contributed by atoms with Crippen LogP contribution >= 0.6 is 23.2 Å². The molecule has 1 aromatic heterocycles. The van der Waals surface area contributed by atoms with Crippen molar-refractivity contribution in [3.63, 3.8) is 0 Å². The van der Waals surface area contributed by atoms with E-state index in [1.807, 2.05) is 24.3 Å². The topological polar surface area (TPSA) is 71.1 Å². The van der Waals surface area contributed by atoms with Crippen LogP contribution in [0.25, 0.3) is 10.9 Å². The van der Waals surface area contributed by atoms with Crippen molar-refractivity contribution in [3.8, 4) is 0 Å². The minimum atomic E-state index is -1.08. The van der Waals surface area contributed by atoms with Crippen LogP contribution in [0.1, 0.15) is 23.8 Å². The molecule has 3 rings (SSSR count). The van der Waals surface area contributed by atoms with Gasteiger partial charge in [0.1, 0.15) is 10.0 Å². The zero-order valence-corrected chi connectivity index (χ0v) is 13.2. The van der Waals surface area contributed by atoms with Gasteiger partial charge in [0.2, 0.25) is 5.91 Å². The quantitative estimate of drug-likeness (QED) is 0.653. The molecule has 0 aliphatic heterocycles. The Labute approximate surface area is 137 Å². The Hall–Kier alpha value is -1.85. The van der Waals surface area contributed by atoms with Crippen LogP contribution in [0.15, 0.2) is 36.4 Å². The number of amides is 2. The van der Waals surface area contributed by atoms with Crippen molar-refractivity contribution in [2.75, 3.05) is 0 Å². The van der Waals surface area contributed by atoms with Crippen LogP contribution in [0.5, 0.6) is 0 Å². The summed E-state index contributed by atoms with van der Waals surface area (Å²) in [7, 11) is 0. The van der Waals surface area contributed by atoms with Crippen LogP contribution in [-0.2, 0) is 4.79 Å². The van der Waals surface area contributed by atoms with Crippen molar-refractivity contribution in [1.82, 2.24) is 15.8 Å². The molecule has 0 bridgehead atoms. The van der Waals surface area contributed by atoms with Crippen LogP contribution in [0, 0.1) is 5.41 Å². The lowest BCUT2D eigenvalue weighted by atomic mass is 10.1. The first kappa shape index (κ1) is 15.1. The Morgan fingerprint density at radius 3 is 2.50 bits per heavy atom. The molecule has 1 atom stereocenters. The fraction of sp³-hybridized carbons (Fsp3) is 0.267. The highest BCUT2D eigenvalue weighted by Crippen LogP contribution is 2.63. The number of nitrogens with one attached hydrogen (secondary N) is 2. The molecule has 1 heterocycles. The standard InChI is InChI=1S/C15H13Cl2N3O2/c1-14(8-15(14,16)17)13(22)20-19-12(21)11-7-6-9-4-2-3-5-10(9)18-11/h2-7H,8H2,1H3,(H,19,21)(H,20,22). The summed E-state index contributed by atoms with van der Waals surface area (Å²) in [4.78, 5) is 28.3. The zero-order valence-electron chi connectivity index (χ0n) is 11.7. The number of hydrogen-bond acceptors (Lipinski definition) is 3. The number of benzene rings is 1. The third kappa shape index (κ3) is 2.51. The smallest absolute Gasteiger partial charge is 0.273 e. The van der Waals surface area contributed by atoms with Gasteiger partial charge in [0, 0.05) is 5.39 Å². The average molecular weight is 338 g/mol. The number of fused-ring (bicyclic) bond motifs is 1. The van der Waals surface area contributed by atoms with Crippen molar-refractivity contribution in [1.29, 1.82) is 0 Å². The van der Waals surface area contributed by atoms with E-state index in [0.717, 1.165) is 5.39 Å². The second-order valence-corrected chi connectivity index (χ2v) is 6.99. The molecule has 1 fully saturated rings. The number of carbonyl (C=O) groups is 2. The predicted molar refractivity (Wildman–Crippen MR) is 84.5 cm³/mol. The minimum Gasteiger partial charge on any atom is -0.273 e. The van der Waals surface area contributed by atoms with Crippen molar-refractivity contribution < 1.29 is 9.59 Å². The molecule has 1 unspecified atom stereocenters. The number of carbonyl (C=O) groups excluding carboxylic acids is 2. The SMILES string of the molecule is CC1(C(=O)NNC(=O)c2ccc3ccccc3n2)CC1(Cl)Cl. The van der Waals surface area contributed by atoms with Crippen LogP contribution in [0.2, 0.25) is 0 Å². The molecule has 2 N–H and O–H groups in total. The van der Waals surface area contributed by atoms with E-state index in [-0.39, 0.29) is 5.69 Å². The maximum absolute atomic E-state index is 12.0. The molecule has 0 radical (unpaired) electrons. The Kier molecular flexibility index (Phi) is 3.50. The Morgan fingerprint density at radius 1 is 1.14 bits per heavy atom. The summed E-state index contributed by atoms with van der Waals surface area (Å²) in [6.07, 6.45) is 0.346. The Morgan fingerprint density at radius 2 is 1.82 bits per heavy atom. The van der Waals surface area contributed by atoms with Crippen LogP contribution < -0.4 is 10.9 Å². The van der Waals surface area contributed by atoms with Gasteiger partial charge in [-0.1, -0.05) is 24.3 Å². The van der Waals surface area contributed by atoms with Crippen molar-refractivity contribution in [2.45, 2.75) is 17.7 Å². The molecule has 7 heteroatoms. The normalized spacial score (nSPS) is 22.1. The van der Waals surface area contributed by atoms with E-state index in [0.29, 0.717) is 11.9 Å². The second-order valence-electron chi connectivity index (χ2n) is 5.51. The van der Waals surface area contributed by atoms with E-state index in [1.54, 1.807) is 19.1 Å². The first-order valence-electron chi connectivity index (χ1n) is 6.68. The number of nitrogens with zero attached hydrogens (tertiary/aromatic N) is 1. The van der Waals surface area contributed by atoms with E-state index < -0.39 is 21.6 Å². The number of halogens is 2. The fourth-order valence-corrected chi connectivity index (χ4v) is 2.86. The number of rotatable bonds is 2. The number of pyridine rings is 1. The van der Waals surface area contributed by atoms with Crippen molar-refractivity contribution in [3.05, 3.63) is 42.1 Å². The largest absolute Gasteiger partial charge is 0.288 e. The monoisotopic (exact) mass is 337 g/mol. The van der Waals surface area contributed by atoms with Gasteiger partial charge in [-0.05, 0) is 25.5 Å². The lowest BCUT2D eigenvalue weighted by Gasteiger charge is -2.13. The van der Waals surface area contributed by atoms with E-state index >= 15 is 0 Å². The van der Waals surface area contributed by atoms with Gasteiger partial charge in [-0.3, -0.25) is 20.4 Å². The molecule has 1 aliphatic carbocycles. The summed E-state index contributed by atoms with van der Waals surface area (Å²) in [6.45, 7) is 1.64. The lowest BCUT2D eigenvalue weighted by molar-refractivity contribution is -0.126. The fourth-order valence-electron chi connectivity index (χ4n) is 2.15. The van der Waals surface area contributed by atoms with Gasteiger partial charge in [0.05, 0.1) is 10.9 Å². The van der Waals surface area contributed by atoms with Gasteiger partial charge in [-0.2, -0.15) is 0 Å². The first-order valence-corrected chi connectivity index (χ1v) is 7.43. The maximum Gasteiger partial charge on any atom is 0.288 e. The third-order valence-electron chi connectivity index (χ3n) is 3.88. The molecule has 114 valence electrons. The van der Waals surface area contributed by atoms with Gasteiger partial charge in [0.15, 0.2) is 0 Å². The zero-order chi connectivity index (χ0) is 16.0. The molecular formula is C15H13Cl2N3O2. The minimum absolute atomic E-state index is 0.211. The van der Waals surface area contributed by atoms with Crippen molar-refractivity contribution >= 4 is 45.9 Å². The number of hydrogen-bond donors (Lipinski definition) is 2. The molecule has 2 amide bonds. The highest BCUT2D eigenvalue weighted by Gasteiger charge is 2.68. The van der Waals surface area contributed by atoms with Crippen LogP contribution in [-0.4, -0.2) is 21.1 Å². The van der Waals surface area contributed by atoms with Crippen molar-refractivity contribution in [2.24, 2.45) is 5.41 Å². The van der Waals surface area contributed by atoms with Gasteiger partial charge in [0.25, 0.3) is 5.91 Å². The van der Waals surface area contributed by atoms with E-state index in [4.69, 9.17) is 23.2 Å². The number of alkyl halides is 2. The van der Waals surface area contributed by atoms with Gasteiger partial charge in [-0.25, -0.2) is 4.98 Å². The summed E-state index contributed by atoms with van der Waals surface area (Å²) >= 11 is 11.8. The molecule has 1 aromatic carbocycles. The van der Waals surface area contributed by atoms with Crippen LogP contribution in [0.4, 0.5) is 0 Å². The molecule has 22 heavy (non-hydrogen) atoms. The highest BCUT2D eigenvalue weighted by atomic mass is 35.5. The number of aromatic nitrogens is 1. The van der Waals surface area contributed by atoms with Crippen LogP contribution in [0.3, 0.4) is 0 Å². The first-order chi connectivity index (χ1) is 10.3. The molecule has 5 nitrogen and oxygen atoms in total. The van der Waals surface area contributed by atoms with Gasteiger partial charge < -0.3 is 0 Å². The molecule has 0 saturated heterocycles. The third-order valence-corrected chi connectivity index (χ3v) is 4.98. The lowest BCUT2D eigenvalue weighted by Crippen LogP contribution is -2.46. The summed E-state index contributed by atoms with van der Waals surface area (Å²) in [5, 5.41) is 0.933. The van der Waals surface area contributed by atoms with E-state index in [9.17, 15) is 9.59 Å². The molecule has 1 aliphatic rings. The highest BCUT2D eigenvalue weighted by molar-refractivity contribution is 6.53. The molecule has 0 spiro atoms. The van der Waals surface area contributed by atoms with Gasteiger partial charge >= 0.3 is 0 Å². The average Bonchev–Trinajstić information content (AvgIpc) is 3.03. The summed E-state index contributed by atoms with van der Waals surface area (Å²) in [5.74, 6) is -0.926. The van der Waals surface area contributed by atoms with Gasteiger partial charge in [-0.15, -0.1) is 23.2 Å². The molecule has 2 aromatic rings. The second kappa shape index (κ2) is 5.11. The maximum atomic E-state index is 12.0. The predicted octanol–water partition coefficient (Wildman–Crippen LogP) is 2.58.